The summed E-state index contributed by atoms with van der Waals surface area (Å²) in [4.78, 5) is 11.9. The monoisotopic (exact) mass is 235 g/mol. The molecule has 2 atom stereocenters. The summed E-state index contributed by atoms with van der Waals surface area (Å²) in [6.45, 7) is 4.37. The number of allylic oxidation sites excluding steroid dienone is 2. The highest BCUT2D eigenvalue weighted by molar-refractivity contribution is 5.83. The second-order valence-electron chi connectivity index (χ2n) is 5.98. The van der Waals surface area contributed by atoms with E-state index in [9.17, 15) is 4.79 Å². The molecule has 2 heteroatoms. The molecule has 96 valence electrons. The average Bonchev–Trinajstić information content (AvgIpc) is 3.17. The molecular weight excluding hydrogens is 210 g/mol. The molecule has 0 bridgehead atoms. The summed E-state index contributed by atoms with van der Waals surface area (Å²) < 4.78 is 0. The Balaban J connectivity index is 1.61. The SMILES string of the molecule is CCCCC/C=C\C1CC1C(=O)NC1(C)CC1. The second-order valence-corrected chi connectivity index (χ2v) is 5.98. The Morgan fingerprint density at radius 2 is 2.18 bits per heavy atom. The smallest absolute Gasteiger partial charge is 0.224 e. The van der Waals surface area contributed by atoms with Gasteiger partial charge in [-0.15, -0.1) is 0 Å². The highest BCUT2D eigenvalue weighted by Crippen LogP contribution is 2.42. The molecule has 2 nitrogen and oxygen atoms in total. The van der Waals surface area contributed by atoms with Gasteiger partial charge in [0, 0.05) is 11.5 Å². The predicted molar refractivity (Wildman–Crippen MR) is 70.7 cm³/mol. The maximum Gasteiger partial charge on any atom is 0.224 e. The first-order valence-corrected chi connectivity index (χ1v) is 7.13. The van der Waals surface area contributed by atoms with Crippen molar-refractivity contribution in [2.24, 2.45) is 11.8 Å². The maximum absolute atomic E-state index is 11.9. The van der Waals surface area contributed by atoms with Gasteiger partial charge in [0.1, 0.15) is 0 Å². The van der Waals surface area contributed by atoms with Crippen LogP contribution in [0.4, 0.5) is 0 Å². The van der Waals surface area contributed by atoms with E-state index in [0.717, 1.165) is 19.3 Å². The van der Waals surface area contributed by atoms with Crippen molar-refractivity contribution >= 4 is 5.91 Å². The van der Waals surface area contributed by atoms with Crippen molar-refractivity contribution in [1.29, 1.82) is 0 Å². The van der Waals surface area contributed by atoms with Gasteiger partial charge < -0.3 is 5.32 Å². The van der Waals surface area contributed by atoms with E-state index in [1.165, 1.54) is 25.7 Å². The van der Waals surface area contributed by atoms with Gasteiger partial charge in [0.2, 0.25) is 5.91 Å². The summed E-state index contributed by atoms with van der Waals surface area (Å²) in [6, 6.07) is 0. The van der Waals surface area contributed by atoms with Crippen LogP contribution in [0, 0.1) is 11.8 Å². The largest absolute Gasteiger partial charge is 0.351 e. The van der Waals surface area contributed by atoms with Gasteiger partial charge in [-0.2, -0.15) is 0 Å². The first-order chi connectivity index (χ1) is 8.14. The average molecular weight is 235 g/mol. The molecule has 0 heterocycles. The van der Waals surface area contributed by atoms with Gasteiger partial charge in [0.05, 0.1) is 0 Å². The molecule has 17 heavy (non-hydrogen) atoms. The van der Waals surface area contributed by atoms with Gasteiger partial charge in [0.15, 0.2) is 0 Å². The van der Waals surface area contributed by atoms with E-state index in [1.807, 2.05) is 0 Å². The number of unbranched alkanes of at least 4 members (excludes halogenated alkanes) is 3. The Labute approximate surface area is 105 Å². The predicted octanol–water partition coefficient (Wildman–Crippen LogP) is 3.43. The lowest BCUT2D eigenvalue weighted by Gasteiger charge is -2.10. The van der Waals surface area contributed by atoms with E-state index in [-0.39, 0.29) is 17.4 Å². The van der Waals surface area contributed by atoms with Crippen LogP contribution in [0.1, 0.15) is 58.8 Å². The van der Waals surface area contributed by atoms with E-state index in [0.29, 0.717) is 5.92 Å². The molecule has 0 aromatic carbocycles. The fraction of sp³-hybridized carbons (Fsp3) is 0.800. The van der Waals surface area contributed by atoms with Crippen LogP contribution in [0.15, 0.2) is 12.2 Å². The van der Waals surface area contributed by atoms with Crippen molar-refractivity contribution in [3.63, 3.8) is 0 Å². The second kappa shape index (κ2) is 5.24. The first-order valence-electron chi connectivity index (χ1n) is 7.13. The minimum atomic E-state index is 0.148. The molecule has 1 amide bonds. The fourth-order valence-corrected chi connectivity index (χ4v) is 2.21. The molecule has 1 N–H and O–H groups in total. The molecule has 0 saturated heterocycles. The van der Waals surface area contributed by atoms with E-state index in [4.69, 9.17) is 0 Å². The van der Waals surface area contributed by atoms with Crippen LogP contribution in [-0.2, 0) is 4.79 Å². The zero-order valence-corrected chi connectivity index (χ0v) is 11.2. The van der Waals surface area contributed by atoms with E-state index < -0.39 is 0 Å². The standard InChI is InChI=1S/C15H25NO/c1-3-4-5-6-7-8-12-11-13(12)14(17)16-15(2)9-10-15/h7-8,12-13H,3-6,9-11H2,1-2H3,(H,16,17)/b8-7-. The molecule has 2 aliphatic rings. The fourth-order valence-electron chi connectivity index (χ4n) is 2.21. The van der Waals surface area contributed by atoms with Crippen LogP contribution in [0.5, 0.6) is 0 Å². The van der Waals surface area contributed by atoms with Crippen LogP contribution in [0.2, 0.25) is 0 Å². The van der Waals surface area contributed by atoms with Crippen LogP contribution in [0.3, 0.4) is 0 Å². The van der Waals surface area contributed by atoms with Crippen molar-refractivity contribution in [2.75, 3.05) is 0 Å². The highest BCUT2D eigenvalue weighted by Gasteiger charge is 2.46. The molecule has 0 aliphatic heterocycles. The number of hydrogen-bond donors (Lipinski definition) is 1. The normalized spacial score (nSPS) is 29.3. The quantitative estimate of drug-likeness (QED) is 0.531. The molecular formula is C15H25NO. The summed E-state index contributed by atoms with van der Waals surface area (Å²) >= 11 is 0. The molecule has 0 spiro atoms. The molecule has 2 rings (SSSR count). The molecule has 0 radical (unpaired) electrons. The van der Waals surface area contributed by atoms with Crippen LogP contribution in [-0.4, -0.2) is 11.4 Å². The van der Waals surface area contributed by atoms with Gasteiger partial charge >= 0.3 is 0 Å². The maximum atomic E-state index is 11.9. The molecule has 2 fully saturated rings. The van der Waals surface area contributed by atoms with Crippen molar-refractivity contribution in [1.82, 2.24) is 5.32 Å². The number of hydrogen-bond acceptors (Lipinski definition) is 1. The van der Waals surface area contributed by atoms with E-state index in [2.05, 4.69) is 31.3 Å². The lowest BCUT2D eigenvalue weighted by atomic mass is 10.2. The minimum Gasteiger partial charge on any atom is -0.351 e. The lowest BCUT2D eigenvalue weighted by molar-refractivity contribution is -0.123. The highest BCUT2D eigenvalue weighted by atomic mass is 16.2. The Kier molecular flexibility index (Phi) is 3.90. The van der Waals surface area contributed by atoms with Gasteiger partial charge in [-0.1, -0.05) is 31.9 Å². The summed E-state index contributed by atoms with van der Waals surface area (Å²) in [7, 11) is 0. The topological polar surface area (TPSA) is 29.1 Å². The Morgan fingerprint density at radius 1 is 1.41 bits per heavy atom. The van der Waals surface area contributed by atoms with E-state index >= 15 is 0 Å². The van der Waals surface area contributed by atoms with Crippen LogP contribution >= 0.6 is 0 Å². The molecule has 0 aromatic rings. The van der Waals surface area contributed by atoms with Crippen molar-refractivity contribution < 1.29 is 4.79 Å². The van der Waals surface area contributed by atoms with Crippen molar-refractivity contribution in [3.8, 4) is 0 Å². The number of carbonyl (C=O) groups excluding carboxylic acids is 1. The molecule has 2 saturated carbocycles. The molecule has 0 aromatic heterocycles. The van der Waals surface area contributed by atoms with Gasteiger partial charge in [0.25, 0.3) is 0 Å². The van der Waals surface area contributed by atoms with Crippen LogP contribution in [0.25, 0.3) is 0 Å². The van der Waals surface area contributed by atoms with E-state index in [1.54, 1.807) is 0 Å². The number of rotatable bonds is 7. The summed E-state index contributed by atoms with van der Waals surface area (Å²) in [6.07, 6.45) is 13.0. The Morgan fingerprint density at radius 3 is 2.82 bits per heavy atom. The van der Waals surface area contributed by atoms with Gasteiger partial charge in [-0.25, -0.2) is 0 Å². The Hall–Kier alpha value is -0.790. The third-order valence-corrected chi connectivity index (χ3v) is 3.96. The van der Waals surface area contributed by atoms with Crippen molar-refractivity contribution in [3.05, 3.63) is 12.2 Å². The summed E-state index contributed by atoms with van der Waals surface area (Å²) in [5, 5.41) is 3.16. The number of carbonyl (C=O) groups is 1. The van der Waals surface area contributed by atoms with Crippen LogP contribution < -0.4 is 5.32 Å². The number of nitrogens with one attached hydrogen (secondary N) is 1. The minimum absolute atomic E-state index is 0.148. The molecule has 2 aliphatic carbocycles. The lowest BCUT2D eigenvalue weighted by Crippen LogP contribution is -2.35. The van der Waals surface area contributed by atoms with Crippen molar-refractivity contribution in [2.45, 2.75) is 64.3 Å². The third kappa shape index (κ3) is 3.86. The summed E-state index contributed by atoms with van der Waals surface area (Å²) in [5.41, 5.74) is 0.148. The van der Waals surface area contributed by atoms with Gasteiger partial charge in [-0.3, -0.25) is 4.79 Å². The number of amides is 1. The summed E-state index contributed by atoms with van der Waals surface area (Å²) in [5.74, 6) is 1.09. The van der Waals surface area contributed by atoms with Gasteiger partial charge in [-0.05, 0) is 44.9 Å². The first kappa shape index (κ1) is 12.7. The zero-order chi connectivity index (χ0) is 12.3. The Bertz CT molecular complexity index is 304. The molecule has 2 unspecified atom stereocenters. The third-order valence-electron chi connectivity index (χ3n) is 3.96. The zero-order valence-electron chi connectivity index (χ0n) is 11.2.